The number of nitrogens with zero attached hydrogens (tertiary/aromatic N) is 1. The summed E-state index contributed by atoms with van der Waals surface area (Å²) in [6.07, 6.45) is 0. The maximum absolute atomic E-state index is 12.2. The maximum Gasteiger partial charge on any atom is 0.273 e. The van der Waals surface area contributed by atoms with Gasteiger partial charge in [0.2, 0.25) is 5.91 Å². The summed E-state index contributed by atoms with van der Waals surface area (Å²) in [6.45, 7) is 0.170. The molecule has 0 spiro atoms. The molecule has 0 atom stereocenters. The molecule has 8 heteroatoms. The molecule has 3 rings (SSSR count). The lowest BCUT2D eigenvalue weighted by atomic mass is 10.1. The Morgan fingerprint density at radius 1 is 1.11 bits per heavy atom. The van der Waals surface area contributed by atoms with Crippen molar-refractivity contribution in [3.8, 4) is 17.1 Å². The fourth-order valence-corrected chi connectivity index (χ4v) is 2.54. The first-order valence-electron chi connectivity index (χ1n) is 8.45. The molecule has 0 aliphatic heterocycles. The molecule has 0 bridgehead atoms. The molecule has 0 aliphatic carbocycles. The molecule has 28 heavy (non-hydrogen) atoms. The first-order valence-corrected chi connectivity index (χ1v) is 8.83. The standard InChI is InChI=1S/C20H18ClN3O4/c1-27-16-4-2-3-14(9-16)18-10-17(24-28-18)20(26)23-12-19(25)22-11-13-5-7-15(21)8-6-13/h2-10H,11-12H2,1H3,(H,22,25)(H,23,26). The molecule has 0 saturated heterocycles. The Balaban J connectivity index is 1.51. The fourth-order valence-electron chi connectivity index (χ4n) is 2.41. The minimum absolute atomic E-state index is 0.0864. The van der Waals surface area contributed by atoms with E-state index < -0.39 is 5.91 Å². The minimum Gasteiger partial charge on any atom is -0.497 e. The van der Waals surface area contributed by atoms with E-state index in [0.29, 0.717) is 23.1 Å². The van der Waals surface area contributed by atoms with Gasteiger partial charge in [-0.05, 0) is 29.8 Å². The number of benzene rings is 2. The predicted molar refractivity (Wildman–Crippen MR) is 104 cm³/mol. The summed E-state index contributed by atoms with van der Waals surface area (Å²) >= 11 is 5.82. The van der Waals surface area contributed by atoms with Crippen LogP contribution in [0.25, 0.3) is 11.3 Å². The summed E-state index contributed by atoms with van der Waals surface area (Å²) in [7, 11) is 1.57. The molecule has 1 heterocycles. The number of ether oxygens (including phenoxy) is 1. The van der Waals surface area contributed by atoms with Crippen molar-refractivity contribution in [3.63, 3.8) is 0 Å². The summed E-state index contributed by atoms with van der Waals surface area (Å²) in [6, 6.07) is 15.8. The Morgan fingerprint density at radius 2 is 1.89 bits per heavy atom. The van der Waals surface area contributed by atoms with Crippen molar-refractivity contribution in [2.45, 2.75) is 6.54 Å². The van der Waals surface area contributed by atoms with E-state index in [1.807, 2.05) is 18.2 Å². The smallest absolute Gasteiger partial charge is 0.273 e. The Bertz CT molecular complexity index is 970. The zero-order chi connectivity index (χ0) is 19.9. The number of rotatable bonds is 7. The van der Waals surface area contributed by atoms with E-state index in [1.54, 1.807) is 37.4 Å². The van der Waals surface area contributed by atoms with Crippen molar-refractivity contribution < 1.29 is 18.8 Å². The van der Waals surface area contributed by atoms with Gasteiger partial charge < -0.3 is 19.9 Å². The van der Waals surface area contributed by atoms with E-state index in [9.17, 15) is 9.59 Å². The lowest BCUT2D eigenvalue weighted by Crippen LogP contribution is -2.36. The van der Waals surface area contributed by atoms with Crippen molar-refractivity contribution in [1.82, 2.24) is 15.8 Å². The zero-order valence-corrected chi connectivity index (χ0v) is 15.8. The Hall–Kier alpha value is -3.32. The average molecular weight is 400 g/mol. The molecule has 2 aromatic carbocycles. The highest BCUT2D eigenvalue weighted by molar-refractivity contribution is 6.30. The number of amides is 2. The highest BCUT2D eigenvalue weighted by Crippen LogP contribution is 2.24. The Labute approximate surface area is 166 Å². The summed E-state index contributed by atoms with van der Waals surface area (Å²) in [5.41, 5.74) is 1.72. The van der Waals surface area contributed by atoms with Gasteiger partial charge in [0.05, 0.1) is 13.7 Å². The van der Waals surface area contributed by atoms with Crippen molar-refractivity contribution >= 4 is 23.4 Å². The number of hydrogen-bond acceptors (Lipinski definition) is 5. The van der Waals surface area contributed by atoms with Crippen LogP contribution in [0.2, 0.25) is 5.02 Å². The van der Waals surface area contributed by atoms with Gasteiger partial charge in [0.25, 0.3) is 5.91 Å². The summed E-state index contributed by atoms with van der Waals surface area (Å²) in [4.78, 5) is 24.1. The molecule has 3 aromatic rings. The van der Waals surface area contributed by atoms with Crippen molar-refractivity contribution in [1.29, 1.82) is 0 Å². The molecule has 0 unspecified atom stereocenters. The number of nitrogens with one attached hydrogen (secondary N) is 2. The van der Waals surface area contributed by atoms with Gasteiger partial charge in [0.15, 0.2) is 11.5 Å². The normalized spacial score (nSPS) is 10.4. The fraction of sp³-hybridized carbons (Fsp3) is 0.150. The monoisotopic (exact) mass is 399 g/mol. The average Bonchev–Trinajstić information content (AvgIpc) is 3.22. The van der Waals surface area contributed by atoms with Gasteiger partial charge in [-0.15, -0.1) is 0 Å². The van der Waals surface area contributed by atoms with E-state index >= 15 is 0 Å². The highest BCUT2D eigenvalue weighted by Gasteiger charge is 2.15. The Kier molecular flexibility index (Phi) is 6.29. The van der Waals surface area contributed by atoms with Gasteiger partial charge in [-0.2, -0.15) is 0 Å². The third-order valence-corrected chi connectivity index (χ3v) is 4.16. The number of hydrogen-bond donors (Lipinski definition) is 2. The molecular formula is C20H18ClN3O4. The van der Waals surface area contributed by atoms with Crippen molar-refractivity contribution in [3.05, 3.63) is 70.9 Å². The molecule has 1 aromatic heterocycles. The minimum atomic E-state index is -0.500. The molecule has 7 nitrogen and oxygen atoms in total. The molecule has 144 valence electrons. The number of carbonyl (C=O) groups is 2. The van der Waals surface area contributed by atoms with E-state index in [0.717, 1.165) is 11.1 Å². The van der Waals surface area contributed by atoms with E-state index in [1.165, 1.54) is 6.07 Å². The largest absolute Gasteiger partial charge is 0.497 e. The third-order valence-electron chi connectivity index (χ3n) is 3.91. The molecule has 2 amide bonds. The van der Waals surface area contributed by atoms with Gasteiger partial charge in [-0.3, -0.25) is 9.59 Å². The zero-order valence-electron chi connectivity index (χ0n) is 15.1. The lowest BCUT2D eigenvalue weighted by Gasteiger charge is -2.06. The van der Waals surface area contributed by atoms with Crippen LogP contribution in [0.15, 0.2) is 59.1 Å². The van der Waals surface area contributed by atoms with Crippen molar-refractivity contribution in [2.24, 2.45) is 0 Å². The molecule has 0 radical (unpaired) electrons. The van der Waals surface area contributed by atoms with Gasteiger partial charge in [-0.1, -0.05) is 41.0 Å². The van der Waals surface area contributed by atoms with Gasteiger partial charge in [-0.25, -0.2) is 0 Å². The molecule has 0 saturated carbocycles. The van der Waals surface area contributed by atoms with Crippen molar-refractivity contribution in [2.75, 3.05) is 13.7 Å². The predicted octanol–water partition coefficient (Wildman–Crippen LogP) is 3.05. The van der Waals surface area contributed by atoms with Crippen LogP contribution < -0.4 is 15.4 Å². The van der Waals surface area contributed by atoms with Gasteiger partial charge in [0.1, 0.15) is 5.75 Å². The second kappa shape index (κ2) is 9.05. The van der Waals surface area contributed by atoms with Gasteiger partial charge in [0, 0.05) is 23.2 Å². The van der Waals surface area contributed by atoms with Crippen LogP contribution in [0, 0.1) is 0 Å². The van der Waals surface area contributed by atoms with Crippen LogP contribution in [0.5, 0.6) is 5.75 Å². The first kappa shape index (κ1) is 19.4. The topological polar surface area (TPSA) is 93.5 Å². The quantitative estimate of drug-likeness (QED) is 0.637. The molecule has 2 N–H and O–H groups in total. The van der Waals surface area contributed by atoms with Gasteiger partial charge >= 0.3 is 0 Å². The van der Waals surface area contributed by atoms with Crippen LogP contribution >= 0.6 is 11.6 Å². The van der Waals surface area contributed by atoms with E-state index in [4.69, 9.17) is 20.9 Å². The van der Waals surface area contributed by atoms with E-state index in [2.05, 4.69) is 15.8 Å². The second-order valence-electron chi connectivity index (χ2n) is 5.89. The summed E-state index contributed by atoms with van der Waals surface area (Å²) in [5, 5.41) is 9.61. The summed E-state index contributed by atoms with van der Waals surface area (Å²) in [5.74, 6) is 0.271. The third kappa shape index (κ3) is 5.11. The van der Waals surface area contributed by atoms with Crippen LogP contribution in [-0.4, -0.2) is 30.6 Å². The van der Waals surface area contributed by atoms with E-state index in [-0.39, 0.29) is 18.1 Å². The number of halogens is 1. The van der Waals surface area contributed by atoms with Crippen LogP contribution in [0.1, 0.15) is 16.1 Å². The molecule has 0 aliphatic rings. The molecule has 0 fully saturated rings. The lowest BCUT2D eigenvalue weighted by molar-refractivity contribution is -0.120. The number of carbonyl (C=O) groups excluding carboxylic acids is 2. The Morgan fingerprint density at radius 3 is 2.64 bits per heavy atom. The van der Waals surface area contributed by atoms with Crippen LogP contribution in [0.3, 0.4) is 0 Å². The number of methoxy groups -OCH3 is 1. The SMILES string of the molecule is COc1cccc(-c2cc(C(=O)NCC(=O)NCc3ccc(Cl)cc3)no2)c1. The maximum atomic E-state index is 12.2. The van der Waals surface area contributed by atoms with Crippen LogP contribution in [0.4, 0.5) is 0 Å². The van der Waals surface area contributed by atoms with Crippen LogP contribution in [-0.2, 0) is 11.3 Å². The highest BCUT2D eigenvalue weighted by atomic mass is 35.5. The summed E-state index contributed by atoms with van der Waals surface area (Å²) < 4.78 is 10.4. The second-order valence-corrected chi connectivity index (χ2v) is 6.33. The first-order chi connectivity index (χ1) is 13.5. The number of aromatic nitrogens is 1. The molecular weight excluding hydrogens is 382 g/mol.